The van der Waals surface area contributed by atoms with Gasteiger partial charge in [0.05, 0.1) is 0 Å². The summed E-state index contributed by atoms with van der Waals surface area (Å²) >= 11 is 0. The highest BCUT2D eigenvalue weighted by Crippen LogP contribution is 2.27. The lowest BCUT2D eigenvalue weighted by Gasteiger charge is -2.13. The molecule has 0 bridgehead atoms. The first-order chi connectivity index (χ1) is 5.10. The highest BCUT2D eigenvalue weighted by molar-refractivity contribution is 7.87. The summed E-state index contributed by atoms with van der Waals surface area (Å²) in [6.45, 7) is 0. The Kier molecular flexibility index (Phi) is 2.70. The van der Waals surface area contributed by atoms with Crippen molar-refractivity contribution in [2.24, 2.45) is 0 Å². The van der Waals surface area contributed by atoms with Gasteiger partial charge in [-0.3, -0.25) is 4.55 Å². The average molecular weight is 208 g/mol. The molecular formula is C3H3F3O5S. The van der Waals surface area contributed by atoms with Crippen LogP contribution in [-0.4, -0.2) is 35.5 Å². The molecule has 2 N–H and O–H groups in total. The predicted molar refractivity (Wildman–Crippen MR) is 29.0 cm³/mol. The smallest absolute Gasteiger partial charge is 0.410 e. The molecule has 0 spiro atoms. The Morgan fingerprint density at radius 2 is 1.75 bits per heavy atom. The number of hydrogen-bond acceptors (Lipinski definition) is 3. The minimum Gasteiger partial charge on any atom is -0.479 e. The van der Waals surface area contributed by atoms with Gasteiger partial charge in [0.2, 0.25) is 0 Å². The summed E-state index contributed by atoms with van der Waals surface area (Å²) in [4.78, 5) is 9.56. The third kappa shape index (κ3) is 1.85. The van der Waals surface area contributed by atoms with Crippen LogP contribution in [0.2, 0.25) is 0 Å². The number of rotatable bonds is 3. The van der Waals surface area contributed by atoms with Crippen LogP contribution in [0.15, 0.2) is 0 Å². The van der Waals surface area contributed by atoms with E-state index in [0.717, 1.165) is 0 Å². The third-order valence-corrected chi connectivity index (χ3v) is 1.75. The number of carboxylic acid groups (broad SMARTS) is 1. The molecule has 1 unspecified atom stereocenters. The van der Waals surface area contributed by atoms with Gasteiger partial charge in [0.15, 0.2) is 0 Å². The molecule has 0 rings (SSSR count). The largest absolute Gasteiger partial charge is 0.479 e. The van der Waals surface area contributed by atoms with Gasteiger partial charge in [-0.05, 0) is 0 Å². The van der Waals surface area contributed by atoms with Crippen molar-refractivity contribution in [1.29, 1.82) is 0 Å². The van der Waals surface area contributed by atoms with E-state index in [1.807, 2.05) is 0 Å². The monoisotopic (exact) mass is 208 g/mol. The summed E-state index contributed by atoms with van der Waals surface area (Å²) in [5.74, 6) is -2.67. The van der Waals surface area contributed by atoms with Crippen molar-refractivity contribution in [3.05, 3.63) is 0 Å². The maximum atomic E-state index is 12.0. The van der Waals surface area contributed by atoms with Crippen LogP contribution in [0.3, 0.4) is 0 Å². The topological polar surface area (TPSA) is 91.7 Å². The van der Waals surface area contributed by atoms with Gasteiger partial charge in [-0.1, -0.05) is 0 Å². The molecule has 0 saturated carbocycles. The number of halogens is 3. The normalized spacial score (nSPS) is 15.7. The van der Waals surface area contributed by atoms with Gasteiger partial charge in [0, 0.05) is 0 Å². The number of aliphatic carboxylic acids is 1. The quantitative estimate of drug-likeness (QED) is 0.631. The Bertz CT molecular complexity index is 282. The summed E-state index contributed by atoms with van der Waals surface area (Å²) in [6, 6.07) is 0. The zero-order valence-electron chi connectivity index (χ0n) is 5.24. The number of hydrogen-bond donors (Lipinski definition) is 2. The molecule has 1 atom stereocenters. The molecule has 0 aromatic carbocycles. The van der Waals surface area contributed by atoms with Crippen LogP contribution in [0.5, 0.6) is 0 Å². The van der Waals surface area contributed by atoms with Crippen molar-refractivity contribution >= 4 is 16.1 Å². The molecule has 0 aliphatic heterocycles. The molecule has 0 amide bonds. The molecule has 0 aromatic rings. The van der Waals surface area contributed by atoms with E-state index in [0.29, 0.717) is 0 Å². The minimum absolute atomic E-state index is 2.67. The first-order valence-corrected chi connectivity index (χ1v) is 3.76. The first kappa shape index (κ1) is 11.2. The summed E-state index contributed by atoms with van der Waals surface area (Å²) in [5, 5.41) is 2.33. The van der Waals surface area contributed by atoms with E-state index in [1.165, 1.54) is 0 Å². The van der Waals surface area contributed by atoms with Gasteiger partial charge in [-0.2, -0.15) is 17.2 Å². The average Bonchev–Trinajstić information content (AvgIpc) is 1.83. The molecule has 9 heteroatoms. The Morgan fingerprint density at radius 1 is 1.42 bits per heavy atom. The zero-order chi connectivity index (χ0) is 10.2. The van der Waals surface area contributed by atoms with Crippen molar-refractivity contribution in [2.45, 2.75) is 11.4 Å². The fourth-order valence-electron chi connectivity index (χ4n) is 0.275. The summed E-state index contributed by atoms with van der Waals surface area (Å²) in [5.41, 5.74) is 0. The molecular weight excluding hydrogens is 205 g/mol. The Balaban J connectivity index is 5.00. The Labute approximate surface area is 64.6 Å². The first-order valence-electron chi connectivity index (χ1n) is 2.32. The fraction of sp³-hybridized carbons (Fsp3) is 0.667. The van der Waals surface area contributed by atoms with Crippen LogP contribution in [0.4, 0.5) is 13.2 Å². The highest BCUT2D eigenvalue weighted by Gasteiger charge is 2.56. The van der Waals surface area contributed by atoms with Gasteiger partial charge in [0.25, 0.3) is 6.17 Å². The van der Waals surface area contributed by atoms with Crippen molar-refractivity contribution < 1.29 is 36.0 Å². The second-order valence-electron chi connectivity index (χ2n) is 1.74. The Morgan fingerprint density at radius 3 is 1.83 bits per heavy atom. The molecule has 0 radical (unpaired) electrons. The van der Waals surface area contributed by atoms with Gasteiger partial charge in [-0.15, -0.1) is 0 Å². The summed E-state index contributed by atoms with van der Waals surface area (Å²) < 4.78 is 63.0. The number of alkyl halides is 3. The van der Waals surface area contributed by atoms with Gasteiger partial charge in [-0.25, -0.2) is 9.18 Å². The predicted octanol–water partition coefficient (Wildman–Crippen LogP) is -0.110. The standard InChI is InChI=1S/C3H3F3O5S/c4-1(2(7)8)3(5,6)12(9,10)11/h1H,(H,7,8)(H,9,10,11). The molecule has 0 aliphatic rings. The SMILES string of the molecule is O=C(O)C(F)C(F)(F)S(=O)(=O)O. The summed E-state index contributed by atoms with van der Waals surface area (Å²) in [7, 11) is -6.04. The van der Waals surface area contributed by atoms with Crippen molar-refractivity contribution in [3.63, 3.8) is 0 Å². The van der Waals surface area contributed by atoms with Gasteiger partial charge < -0.3 is 5.11 Å². The fourth-order valence-corrected chi connectivity index (χ4v) is 0.637. The van der Waals surface area contributed by atoms with Crippen molar-refractivity contribution in [2.75, 3.05) is 0 Å². The molecule has 0 fully saturated rings. The van der Waals surface area contributed by atoms with Crippen LogP contribution in [0.25, 0.3) is 0 Å². The molecule has 0 heterocycles. The van der Waals surface area contributed by atoms with E-state index >= 15 is 0 Å². The van der Waals surface area contributed by atoms with Crippen LogP contribution in [-0.2, 0) is 14.9 Å². The lowest BCUT2D eigenvalue weighted by Crippen LogP contribution is -2.43. The van der Waals surface area contributed by atoms with Gasteiger partial charge in [0.1, 0.15) is 0 Å². The van der Waals surface area contributed by atoms with E-state index in [-0.39, 0.29) is 0 Å². The summed E-state index contributed by atoms with van der Waals surface area (Å²) in [6.07, 6.45) is -3.98. The Hall–Kier alpha value is -0.830. The molecule has 5 nitrogen and oxygen atoms in total. The highest BCUT2D eigenvalue weighted by atomic mass is 32.2. The molecule has 0 aliphatic carbocycles. The lowest BCUT2D eigenvalue weighted by molar-refractivity contribution is -0.151. The second kappa shape index (κ2) is 2.90. The van der Waals surface area contributed by atoms with Crippen LogP contribution < -0.4 is 0 Å². The van der Waals surface area contributed by atoms with E-state index in [1.54, 1.807) is 0 Å². The van der Waals surface area contributed by atoms with E-state index in [2.05, 4.69) is 0 Å². The van der Waals surface area contributed by atoms with Crippen LogP contribution >= 0.6 is 0 Å². The maximum Gasteiger partial charge on any atom is 0.410 e. The van der Waals surface area contributed by atoms with Crippen LogP contribution in [0, 0.1) is 0 Å². The molecule has 0 aromatic heterocycles. The van der Waals surface area contributed by atoms with Crippen molar-refractivity contribution in [1.82, 2.24) is 0 Å². The number of carboxylic acids is 1. The van der Waals surface area contributed by atoms with E-state index < -0.39 is 27.5 Å². The third-order valence-electron chi connectivity index (χ3n) is 0.856. The molecule has 12 heavy (non-hydrogen) atoms. The maximum absolute atomic E-state index is 12.0. The minimum atomic E-state index is -6.04. The zero-order valence-corrected chi connectivity index (χ0v) is 6.06. The lowest BCUT2D eigenvalue weighted by atomic mass is 10.4. The van der Waals surface area contributed by atoms with Gasteiger partial charge >= 0.3 is 21.3 Å². The molecule has 72 valence electrons. The van der Waals surface area contributed by atoms with E-state index in [4.69, 9.17) is 9.66 Å². The molecule has 0 saturated heterocycles. The number of carbonyl (C=O) groups is 1. The second-order valence-corrected chi connectivity index (χ2v) is 3.23. The van der Waals surface area contributed by atoms with E-state index in [9.17, 15) is 26.4 Å². The van der Waals surface area contributed by atoms with Crippen molar-refractivity contribution in [3.8, 4) is 0 Å². The van der Waals surface area contributed by atoms with Crippen LogP contribution in [0.1, 0.15) is 0 Å².